The molecule has 2 fully saturated rings. The van der Waals surface area contributed by atoms with Crippen molar-refractivity contribution in [3.63, 3.8) is 0 Å². The van der Waals surface area contributed by atoms with E-state index < -0.39 is 7.12 Å². The second-order valence-electron chi connectivity index (χ2n) is 8.28. The maximum absolute atomic E-state index is 10.2. The van der Waals surface area contributed by atoms with E-state index in [2.05, 4.69) is 32.7 Å². The third kappa shape index (κ3) is 3.74. The van der Waals surface area contributed by atoms with Crippen molar-refractivity contribution >= 4 is 30.0 Å². The van der Waals surface area contributed by atoms with Crippen molar-refractivity contribution in [2.45, 2.75) is 44.8 Å². The Kier molecular flexibility index (Phi) is 5.07. The second kappa shape index (κ2) is 7.87. The number of aryl methyl sites for hydroxylation is 1. The fourth-order valence-corrected chi connectivity index (χ4v) is 4.20. The smallest absolute Gasteiger partial charge is 0.423 e. The van der Waals surface area contributed by atoms with E-state index in [4.69, 9.17) is 9.39 Å². The molecule has 30 heavy (non-hydrogen) atoms. The van der Waals surface area contributed by atoms with Crippen molar-refractivity contribution in [2.75, 3.05) is 23.8 Å². The molecular formula is C21H24BN5O3. The van der Waals surface area contributed by atoms with Crippen LogP contribution < -0.4 is 16.1 Å². The minimum atomic E-state index is -0.832. The maximum Gasteiger partial charge on any atom is 0.492 e. The van der Waals surface area contributed by atoms with Crippen LogP contribution in [0.4, 0.5) is 17.5 Å². The molecular weight excluding hydrogens is 381 g/mol. The zero-order valence-corrected chi connectivity index (χ0v) is 16.9. The van der Waals surface area contributed by atoms with Crippen molar-refractivity contribution in [1.82, 2.24) is 9.97 Å². The highest BCUT2D eigenvalue weighted by Gasteiger charge is 2.36. The molecule has 2 atom stereocenters. The maximum atomic E-state index is 10.2. The van der Waals surface area contributed by atoms with Crippen molar-refractivity contribution < 1.29 is 14.4 Å². The molecule has 1 aromatic heterocycles. The molecule has 1 aromatic carbocycles. The summed E-state index contributed by atoms with van der Waals surface area (Å²) >= 11 is 0. The molecule has 1 aliphatic carbocycles. The highest BCUT2D eigenvalue weighted by Crippen LogP contribution is 2.41. The van der Waals surface area contributed by atoms with Gasteiger partial charge in [-0.25, -0.2) is 4.98 Å². The molecule has 3 aliphatic rings. The van der Waals surface area contributed by atoms with E-state index in [1.807, 2.05) is 13.0 Å². The van der Waals surface area contributed by atoms with E-state index >= 15 is 0 Å². The molecule has 5 rings (SSSR count). The Morgan fingerprint density at radius 1 is 1.30 bits per heavy atom. The number of aromatic nitrogens is 2. The quantitative estimate of drug-likeness (QED) is 0.648. The molecule has 2 aliphatic heterocycles. The highest BCUT2D eigenvalue weighted by atomic mass is 16.5. The minimum Gasteiger partial charge on any atom is -0.423 e. The van der Waals surface area contributed by atoms with E-state index in [-0.39, 0.29) is 12.0 Å². The Morgan fingerprint density at radius 2 is 2.17 bits per heavy atom. The molecule has 0 radical (unpaired) electrons. The first kappa shape index (κ1) is 19.3. The van der Waals surface area contributed by atoms with Crippen LogP contribution in [0.3, 0.4) is 0 Å². The van der Waals surface area contributed by atoms with Crippen LogP contribution in [0.5, 0.6) is 0 Å². The SMILES string of the molecule is Cc1cnc(Nc2cc3c(c(C4CC4)c2)B(O)OC3)nc1N[C@@H]1COCC[C@H]1C#N. The molecule has 1 saturated carbocycles. The monoisotopic (exact) mass is 405 g/mol. The number of hydrogen-bond donors (Lipinski definition) is 3. The van der Waals surface area contributed by atoms with Crippen LogP contribution in [0.15, 0.2) is 18.3 Å². The van der Waals surface area contributed by atoms with Crippen LogP contribution in [0.2, 0.25) is 0 Å². The van der Waals surface area contributed by atoms with Gasteiger partial charge in [0.05, 0.1) is 31.2 Å². The number of anilines is 3. The first-order valence-electron chi connectivity index (χ1n) is 10.4. The van der Waals surface area contributed by atoms with E-state index in [0.717, 1.165) is 47.1 Å². The van der Waals surface area contributed by atoms with Crippen molar-refractivity contribution in [2.24, 2.45) is 5.92 Å². The fraction of sp³-hybridized carbons (Fsp3) is 0.476. The summed E-state index contributed by atoms with van der Waals surface area (Å²) in [6.07, 6.45) is 4.77. The fourth-order valence-electron chi connectivity index (χ4n) is 4.20. The van der Waals surface area contributed by atoms with Gasteiger partial charge in [0.1, 0.15) is 5.82 Å². The zero-order chi connectivity index (χ0) is 20.7. The second-order valence-corrected chi connectivity index (χ2v) is 8.28. The summed E-state index contributed by atoms with van der Waals surface area (Å²) in [5.41, 5.74) is 4.89. The molecule has 8 nitrogen and oxygen atoms in total. The number of nitrogens with zero attached hydrogens (tertiary/aromatic N) is 3. The Labute approximate surface area is 175 Å². The Morgan fingerprint density at radius 3 is 2.97 bits per heavy atom. The third-order valence-corrected chi connectivity index (χ3v) is 6.03. The van der Waals surface area contributed by atoms with Crippen molar-refractivity contribution in [1.29, 1.82) is 5.26 Å². The molecule has 0 bridgehead atoms. The molecule has 1 saturated heterocycles. The van der Waals surface area contributed by atoms with Crippen LogP contribution in [-0.4, -0.2) is 41.4 Å². The molecule has 0 spiro atoms. The summed E-state index contributed by atoms with van der Waals surface area (Å²) in [7, 11) is -0.832. The van der Waals surface area contributed by atoms with Gasteiger partial charge in [-0.3, -0.25) is 0 Å². The predicted molar refractivity (Wildman–Crippen MR) is 113 cm³/mol. The summed E-state index contributed by atoms with van der Waals surface area (Å²) in [6, 6.07) is 6.34. The lowest BCUT2D eigenvalue weighted by molar-refractivity contribution is 0.0698. The summed E-state index contributed by atoms with van der Waals surface area (Å²) < 4.78 is 11.0. The van der Waals surface area contributed by atoms with Crippen LogP contribution >= 0.6 is 0 Å². The van der Waals surface area contributed by atoms with Crippen LogP contribution in [0.25, 0.3) is 0 Å². The van der Waals surface area contributed by atoms with Crippen molar-refractivity contribution in [3.05, 3.63) is 35.0 Å². The molecule has 3 heterocycles. The lowest BCUT2D eigenvalue weighted by atomic mass is 9.75. The average molecular weight is 405 g/mol. The van der Waals surface area contributed by atoms with Crippen LogP contribution in [0.1, 0.15) is 41.9 Å². The number of rotatable bonds is 5. The first-order chi connectivity index (χ1) is 14.6. The van der Waals surface area contributed by atoms with Gasteiger partial charge in [-0.1, -0.05) is 0 Å². The van der Waals surface area contributed by atoms with Gasteiger partial charge >= 0.3 is 7.12 Å². The molecule has 0 unspecified atom stereocenters. The number of nitrogens with one attached hydrogen (secondary N) is 2. The number of ether oxygens (including phenoxy) is 1. The number of hydrogen-bond acceptors (Lipinski definition) is 8. The summed E-state index contributed by atoms with van der Waals surface area (Å²) in [5, 5.41) is 26.3. The van der Waals surface area contributed by atoms with Gasteiger partial charge in [0.2, 0.25) is 5.95 Å². The van der Waals surface area contributed by atoms with Crippen LogP contribution in [0, 0.1) is 24.2 Å². The van der Waals surface area contributed by atoms with Gasteiger partial charge in [-0.2, -0.15) is 10.2 Å². The number of fused-ring (bicyclic) bond motifs is 1. The zero-order valence-electron chi connectivity index (χ0n) is 16.9. The lowest BCUT2D eigenvalue weighted by Crippen LogP contribution is -2.38. The Hall–Kier alpha value is -2.67. The van der Waals surface area contributed by atoms with E-state index in [9.17, 15) is 10.3 Å². The molecule has 3 N–H and O–H groups in total. The average Bonchev–Trinajstić information content (AvgIpc) is 3.54. The number of benzene rings is 1. The Balaban J connectivity index is 1.39. The van der Waals surface area contributed by atoms with E-state index in [0.29, 0.717) is 37.5 Å². The summed E-state index contributed by atoms with van der Waals surface area (Å²) in [5.74, 6) is 1.57. The van der Waals surface area contributed by atoms with Crippen molar-refractivity contribution in [3.8, 4) is 6.07 Å². The predicted octanol–water partition coefficient (Wildman–Crippen LogP) is 1.96. The van der Waals surface area contributed by atoms with Crippen LogP contribution in [-0.2, 0) is 16.0 Å². The molecule has 154 valence electrons. The largest absolute Gasteiger partial charge is 0.492 e. The van der Waals surface area contributed by atoms with Gasteiger partial charge in [0.15, 0.2) is 0 Å². The molecule has 2 aromatic rings. The van der Waals surface area contributed by atoms with Gasteiger partial charge in [-0.05, 0) is 60.8 Å². The minimum absolute atomic E-state index is 0.0923. The van der Waals surface area contributed by atoms with Gasteiger partial charge in [0, 0.05) is 24.1 Å². The lowest BCUT2D eigenvalue weighted by Gasteiger charge is -2.28. The highest BCUT2D eigenvalue weighted by molar-refractivity contribution is 6.62. The standard InChI is InChI=1S/C21H24BN5O3/c1-12-9-24-21(27-20(12)26-18-11-29-5-4-14(18)8-23)25-16-6-15-10-30-22(28)19(15)17(7-16)13-2-3-13/h6-7,9,13-14,18,28H,2-5,10-11H2,1H3,(H2,24,25,26,27)/t14-,18+/m0/s1. The topological polar surface area (TPSA) is 112 Å². The molecule has 9 heteroatoms. The number of nitriles is 1. The van der Waals surface area contributed by atoms with Gasteiger partial charge in [0.25, 0.3) is 0 Å². The normalized spacial score (nSPS) is 23.0. The van der Waals surface area contributed by atoms with Gasteiger partial charge < -0.3 is 25.0 Å². The Bertz CT molecular complexity index is 1010. The van der Waals surface area contributed by atoms with Gasteiger partial charge in [-0.15, -0.1) is 0 Å². The van der Waals surface area contributed by atoms with E-state index in [1.165, 1.54) is 0 Å². The molecule has 0 amide bonds. The summed E-state index contributed by atoms with van der Waals surface area (Å²) in [6.45, 7) is 3.45. The summed E-state index contributed by atoms with van der Waals surface area (Å²) in [4.78, 5) is 9.08. The first-order valence-corrected chi connectivity index (χ1v) is 10.4. The van der Waals surface area contributed by atoms with E-state index in [1.54, 1.807) is 6.20 Å². The third-order valence-electron chi connectivity index (χ3n) is 6.03.